The second kappa shape index (κ2) is 9.61. The lowest BCUT2D eigenvalue weighted by Gasteiger charge is -2.09. The molecule has 1 atom stereocenters. The van der Waals surface area contributed by atoms with Crippen molar-refractivity contribution in [2.45, 2.75) is 12.5 Å². The highest BCUT2D eigenvalue weighted by atomic mass is 16.5. The van der Waals surface area contributed by atoms with Crippen LogP contribution in [0.2, 0.25) is 0 Å². The molecule has 7 nitrogen and oxygen atoms in total. The molecule has 0 aliphatic heterocycles. The monoisotopic (exact) mass is 246 g/mol. The van der Waals surface area contributed by atoms with Gasteiger partial charge in [-0.25, -0.2) is 9.59 Å². The first kappa shape index (κ1) is 15.4. The maximum atomic E-state index is 11.1. The molecule has 0 fully saturated rings. The molecule has 0 aromatic heterocycles. The minimum atomic E-state index is -1.59. The number of hydrogen-bond donors (Lipinski definition) is 4. The van der Waals surface area contributed by atoms with E-state index in [4.69, 9.17) is 14.9 Å². The molecule has 0 bridgehead atoms. The number of aliphatic hydroxyl groups excluding tert-OH is 1. The van der Waals surface area contributed by atoms with Gasteiger partial charge in [0.15, 0.2) is 6.10 Å². The maximum Gasteiger partial charge on any atom is 0.334 e. The Morgan fingerprint density at radius 3 is 2.65 bits per heavy atom. The zero-order valence-corrected chi connectivity index (χ0v) is 9.52. The zero-order chi connectivity index (χ0) is 13.1. The SMILES string of the molecule is C=CCCOCCNC(=O)NC[C@H](O)C(=O)O. The summed E-state index contributed by atoms with van der Waals surface area (Å²) in [6.45, 7) is 4.42. The van der Waals surface area contributed by atoms with Crippen molar-refractivity contribution in [2.24, 2.45) is 0 Å². The van der Waals surface area contributed by atoms with Crippen LogP contribution in [0, 0.1) is 0 Å². The van der Waals surface area contributed by atoms with Crippen molar-refractivity contribution in [3.05, 3.63) is 12.7 Å². The van der Waals surface area contributed by atoms with Gasteiger partial charge in [-0.05, 0) is 6.42 Å². The standard InChI is InChI=1S/C10H18N2O5/c1-2-3-5-17-6-4-11-10(16)12-7-8(13)9(14)15/h2,8,13H,1,3-7H2,(H,14,15)(H2,11,12,16)/t8-/m0/s1. The van der Waals surface area contributed by atoms with Crippen LogP contribution in [0.1, 0.15) is 6.42 Å². The van der Waals surface area contributed by atoms with Crippen molar-refractivity contribution in [1.29, 1.82) is 0 Å². The number of rotatable bonds is 9. The van der Waals surface area contributed by atoms with Crippen molar-refractivity contribution in [3.63, 3.8) is 0 Å². The third kappa shape index (κ3) is 9.34. The molecule has 0 radical (unpaired) electrons. The van der Waals surface area contributed by atoms with Crippen molar-refractivity contribution in [2.75, 3.05) is 26.3 Å². The highest BCUT2D eigenvalue weighted by Crippen LogP contribution is 1.82. The summed E-state index contributed by atoms with van der Waals surface area (Å²) < 4.78 is 5.13. The van der Waals surface area contributed by atoms with E-state index in [2.05, 4.69) is 17.2 Å². The fraction of sp³-hybridized carbons (Fsp3) is 0.600. The first-order valence-corrected chi connectivity index (χ1v) is 5.19. The second-order valence-corrected chi connectivity index (χ2v) is 3.18. The predicted octanol–water partition coefficient (Wildman–Crippen LogP) is -0.676. The van der Waals surface area contributed by atoms with Crippen LogP contribution in [0.25, 0.3) is 0 Å². The Kier molecular flexibility index (Phi) is 8.71. The summed E-state index contributed by atoms with van der Waals surface area (Å²) in [5.74, 6) is -1.38. The molecule has 0 saturated carbocycles. The van der Waals surface area contributed by atoms with Crippen LogP contribution in [0.5, 0.6) is 0 Å². The molecule has 0 aromatic carbocycles. The normalized spacial score (nSPS) is 11.6. The minimum Gasteiger partial charge on any atom is -0.479 e. The van der Waals surface area contributed by atoms with E-state index < -0.39 is 18.1 Å². The molecule has 17 heavy (non-hydrogen) atoms. The number of amides is 2. The Morgan fingerprint density at radius 2 is 2.06 bits per heavy atom. The third-order valence-electron chi connectivity index (χ3n) is 1.74. The molecule has 0 heterocycles. The molecule has 0 aliphatic carbocycles. The van der Waals surface area contributed by atoms with Gasteiger partial charge in [0.05, 0.1) is 19.8 Å². The van der Waals surface area contributed by atoms with Gasteiger partial charge in [0.25, 0.3) is 0 Å². The Balaban J connectivity index is 3.40. The van der Waals surface area contributed by atoms with Gasteiger partial charge in [-0.2, -0.15) is 0 Å². The number of aliphatic hydroxyl groups is 1. The van der Waals surface area contributed by atoms with Crippen LogP contribution >= 0.6 is 0 Å². The Morgan fingerprint density at radius 1 is 1.35 bits per heavy atom. The average Bonchev–Trinajstić information content (AvgIpc) is 2.30. The highest BCUT2D eigenvalue weighted by Gasteiger charge is 2.13. The molecule has 0 aliphatic rings. The molecule has 98 valence electrons. The van der Waals surface area contributed by atoms with Gasteiger partial charge in [-0.1, -0.05) is 6.08 Å². The van der Waals surface area contributed by atoms with Crippen molar-refractivity contribution >= 4 is 12.0 Å². The zero-order valence-electron chi connectivity index (χ0n) is 9.52. The van der Waals surface area contributed by atoms with Crippen molar-refractivity contribution in [3.8, 4) is 0 Å². The summed E-state index contributed by atoms with van der Waals surface area (Å²) in [7, 11) is 0. The third-order valence-corrected chi connectivity index (χ3v) is 1.74. The quantitative estimate of drug-likeness (QED) is 0.318. The smallest absolute Gasteiger partial charge is 0.334 e. The molecule has 2 amide bonds. The molecule has 0 rings (SSSR count). The van der Waals surface area contributed by atoms with E-state index in [1.807, 2.05) is 0 Å². The van der Waals surface area contributed by atoms with Crippen molar-refractivity contribution in [1.82, 2.24) is 10.6 Å². The van der Waals surface area contributed by atoms with Crippen LogP contribution < -0.4 is 10.6 Å². The van der Waals surface area contributed by atoms with E-state index in [1.54, 1.807) is 6.08 Å². The maximum absolute atomic E-state index is 11.1. The number of hydrogen-bond acceptors (Lipinski definition) is 4. The van der Waals surface area contributed by atoms with Crippen LogP contribution in [0.15, 0.2) is 12.7 Å². The van der Waals surface area contributed by atoms with E-state index in [0.717, 1.165) is 6.42 Å². The molecule has 0 spiro atoms. The number of aliphatic carboxylic acids is 1. The number of carbonyl (C=O) groups is 2. The Labute approximate surface area is 99.5 Å². The fourth-order valence-corrected chi connectivity index (χ4v) is 0.845. The van der Waals surface area contributed by atoms with Crippen molar-refractivity contribution < 1.29 is 24.5 Å². The van der Waals surface area contributed by atoms with E-state index in [9.17, 15) is 9.59 Å². The van der Waals surface area contributed by atoms with Gasteiger partial charge < -0.3 is 25.6 Å². The number of carboxylic acids is 1. The molecular formula is C10H18N2O5. The average molecular weight is 246 g/mol. The van der Waals surface area contributed by atoms with Crippen LogP contribution in [0.3, 0.4) is 0 Å². The van der Waals surface area contributed by atoms with Gasteiger partial charge in [0, 0.05) is 6.54 Å². The molecule has 0 unspecified atom stereocenters. The predicted molar refractivity (Wildman–Crippen MR) is 60.7 cm³/mol. The van der Waals surface area contributed by atoms with Gasteiger partial charge in [-0.3, -0.25) is 0 Å². The van der Waals surface area contributed by atoms with E-state index >= 15 is 0 Å². The lowest BCUT2D eigenvalue weighted by molar-refractivity contribution is -0.146. The number of nitrogens with one attached hydrogen (secondary N) is 2. The lowest BCUT2D eigenvalue weighted by Crippen LogP contribution is -2.42. The van der Waals surface area contributed by atoms with E-state index in [0.29, 0.717) is 19.8 Å². The molecule has 4 N–H and O–H groups in total. The summed E-state index contributed by atoms with van der Waals surface area (Å²) >= 11 is 0. The minimum absolute atomic E-state index is 0.312. The largest absolute Gasteiger partial charge is 0.479 e. The van der Waals surface area contributed by atoms with Gasteiger partial charge >= 0.3 is 12.0 Å². The number of urea groups is 1. The molecule has 0 aromatic rings. The summed E-state index contributed by atoms with van der Waals surface area (Å²) in [5, 5.41) is 21.9. The number of carboxylic acid groups (broad SMARTS) is 1. The molecular weight excluding hydrogens is 228 g/mol. The summed E-state index contributed by atoms with van der Waals surface area (Å²) in [4.78, 5) is 21.3. The Bertz CT molecular complexity index is 257. The Hall–Kier alpha value is -1.60. The molecule has 0 saturated heterocycles. The summed E-state index contributed by atoms with van der Waals surface area (Å²) in [5.41, 5.74) is 0. The topological polar surface area (TPSA) is 108 Å². The van der Waals surface area contributed by atoms with E-state index in [-0.39, 0.29) is 6.54 Å². The fourth-order valence-electron chi connectivity index (χ4n) is 0.845. The van der Waals surface area contributed by atoms with Gasteiger partial charge in [0.2, 0.25) is 0 Å². The number of carbonyl (C=O) groups excluding carboxylic acids is 1. The second-order valence-electron chi connectivity index (χ2n) is 3.18. The molecule has 7 heteroatoms. The lowest BCUT2D eigenvalue weighted by atomic mass is 10.4. The van der Waals surface area contributed by atoms with Crippen LogP contribution in [-0.2, 0) is 9.53 Å². The summed E-state index contributed by atoms with van der Waals surface area (Å²) in [6.07, 6.45) is 0.884. The van der Waals surface area contributed by atoms with Crippen LogP contribution in [-0.4, -0.2) is 54.6 Å². The number of ether oxygens (including phenoxy) is 1. The van der Waals surface area contributed by atoms with Gasteiger partial charge in [-0.15, -0.1) is 6.58 Å². The highest BCUT2D eigenvalue weighted by molar-refractivity contribution is 5.76. The van der Waals surface area contributed by atoms with Gasteiger partial charge in [0.1, 0.15) is 0 Å². The first-order chi connectivity index (χ1) is 8.07. The summed E-state index contributed by atoms with van der Waals surface area (Å²) in [6, 6.07) is -0.544. The van der Waals surface area contributed by atoms with Crippen LogP contribution in [0.4, 0.5) is 4.79 Å². The first-order valence-electron chi connectivity index (χ1n) is 5.19. The van der Waals surface area contributed by atoms with E-state index in [1.165, 1.54) is 0 Å².